The van der Waals surface area contributed by atoms with Gasteiger partial charge in [-0.15, -0.1) is 0 Å². The molecule has 1 atom stereocenters. The van der Waals surface area contributed by atoms with Crippen LogP contribution >= 0.6 is 0 Å². The van der Waals surface area contributed by atoms with Gasteiger partial charge in [-0.05, 0) is 61.9 Å². The number of nitrogens with one attached hydrogen (secondary N) is 1. The molecule has 5 heteroatoms. The van der Waals surface area contributed by atoms with Crippen molar-refractivity contribution in [3.05, 3.63) is 69.8 Å². The molecule has 1 unspecified atom stereocenters. The summed E-state index contributed by atoms with van der Waals surface area (Å²) in [6, 6.07) is 10.9. The van der Waals surface area contributed by atoms with Crippen molar-refractivity contribution in [1.82, 2.24) is 10.2 Å². The minimum atomic E-state index is -1.05. The van der Waals surface area contributed by atoms with E-state index in [9.17, 15) is 14.4 Å². The van der Waals surface area contributed by atoms with Crippen LogP contribution in [0.5, 0.6) is 0 Å². The summed E-state index contributed by atoms with van der Waals surface area (Å²) in [5.74, 6) is -0.268. The first kappa shape index (κ1) is 19.8. The standard InChI is InChI=1S/C23H26N2O3/c1-6-23(18-10-8-7-9-11-18)21(27)25(22(28)24-23)13-19-14(2)12-15(3)20(16(19)4)17(5)26/h7-12H,6,13H2,1-5H3,(H,24,28). The Bertz CT molecular complexity index is 966. The average molecular weight is 378 g/mol. The first-order chi connectivity index (χ1) is 13.2. The van der Waals surface area contributed by atoms with Gasteiger partial charge in [0.2, 0.25) is 0 Å². The Hall–Kier alpha value is -2.95. The number of ketones is 1. The summed E-state index contributed by atoms with van der Waals surface area (Å²) in [5.41, 5.74) is 3.95. The Balaban J connectivity index is 2.03. The van der Waals surface area contributed by atoms with Gasteiger partial charge < -0.3 is 5.32 Å². The van der Waals surface area contributed by atoms with Gasteiger partial charge in [-0.25, -0.2) is 4.79 Å². The van der Waals surface area contributed by atoms with Crippen molar-refractivity contribution >= 4 is 17.7 Å². The molecule has 3 amide bonds. The number of amides is 3. The molecule has 0 bridgehead atoms. The summed E-state index contributed by atoms with van der Waals surface area (Å²) >= 11 is 0. The Morgan fingerprint density at radius 2 is 1.71 bits per heavy atom. The number of imide groups is 1. The van der Waals surface area contributed by atoms with Crippen LogP contribution in [0.1, 0.15) is 58.4 Å². The zero-order valence-corrected chi connectivity index (χ0v) is 17.1. The van der Waals surface area contributed by atoms with E-state index in [1.165, 1.54) is 4.90 Å². The van der Waals surface area contributed by atoms with Gasteiger partial charge >= 0.3 is 6.03 Å². The summed E-state index contributed by atoms with van der Waals surface area (Å²) < 4.78 is 0. The van der Waals surface area contributed by atoms with E-state index in [0.717, 1.165) is 27.8 Å². The van der Waals surface area contributed by atoms with Crippen molar-refractivity contribution in [2.45, 2.75) is 53.1 Å². The Labute approximate surface area is 165 Å². The molecular formula is C23H26N2O3. The van der Waals surface area contributed by atoms with Gasteiger partial charge in [-0.1, -0.05) is 43.3 Å². The third kappa shape index (κ3) is 3.01. The fourth-order valence-electron chi connectivity index (χ4n) is 4.30. The van der Waals surface area contributed by atoms with E-state index in [2.05, 4.69) is 5.32 Å². The van der Waals surface area contributed by atoms with Crippen molar-refractivity contribution < 1.29 is 14.4 Å². The molecule has 0 spiro atoms. The number of carbonyl (C=O) groups is 3. The zero-order chi connectivity index (χ0) is 20.6. The maximum Gasteiger partial charge on any atom is 0.325 e. The van der Waals surface area contributed by atoms with E-state index in [4.69, 9.17) is 0 Å². The molecule has 0 radical (unpaired) electrons. The molecule has 3 rings (SSSR count). The highest BCUT2D eigenvalue weighted by Crippen LogP contribution is 2.34. The van der Waals surface area contributed by atoms with Crippen LogP contribution in [-0.2, 0) is 16.9 Å². The highest BCUT2D eigenvalue weighted by Gasteiger charge is 2.51. The number of benzene rings is 2. The molecule has 1 heterocycles. The smallest absolute Gasteiger partial charge is 0.319 e. The molecular weight excluding hydrogens is 352 g/mol. The lowest BCUT2D eigenvalue weighted by molar-refractivity contribution is -0.132. The second-order valence-electron chi connectivity index (χ2n) is 7.49. The Morgan fingerprint density at radius 3 is 2.29 bits per heavy atom. The largest absolute Gasteiger partial charge is 0.325 e. The molecule has 146 valence electrons. The second-order valence-corrected chi connectivity index (χ2v) is 7.49. The minimum Gasteiger partial charge on any atom is -0.319 e. The second kappa shape index (κ2) is 7.23. The van der Waals surface area contributed by atoms with Crippen LogP contribution in [-0.4, -0.2) is 22.6 Å². The number of hydrogen-bond donors (Lipinski definition) is 1. The van der Waals surface area contributed by atoms with Gasteiger partial charge in [0.05, 0.1) is 6.54 Å². The molecule has 1 aliphatic rings. The molecule has 0 saturated carbocycles. The molecule has 0 aromatic heterocycles. The third-order valence-corrected chi connectivity index (χ3v) is 5.77. The minimum absolute atomic E-state index is 0.0133. The molecule has 5 nitrogen and oxygen atoms in total. The first-order valence-electron chi connectivity index (χ1n) is 9.53. The SMILES string of the molecule is CCC1(c2ccccc2)NC(=O)N(Cc2c(C)cc(C)c(C(C)=O)c2C)C1=O. The van der Waals surface area contributed by atoms with Crippen molar-refractivity contribution in [3.63, 3.8) is 0 Å². The van der Waals surface area contributed by atoms with E-state index in [1.54, 1.807) is 6.92 Å². The van der Waals surface area contributed by atoms with Crippen molar-refractivity contribution in [1.29, 1.82) is 0 Å². The van der Waals surface area contributed by atoms with Crippen molar-refractivity contribution in [3.8, 4) is 0 Å². The quantitative estimate of drug-likeness (QED) is 0.627. The predicted molar refractivity (Wildman–Crippen MR) is 108 cm³/mol. The van der Waals surface area contributed by atoms with Crippen LogP contribution in [0.25, 0.3) is 0 Å². The number of aryl methyl sites for hydroxylation is 2. The summed E-state index contributed by atoms with van der Waals surface area (Å²) in [5, 5.41) is 2.91. The summed E-state index contributed by atoms with van der Waals surface area (Å²) in [6.45, 7) is 9.32. The van der Waals surface area contributed by atoms with Gasteiger partial charge in [-0.2, -0.15) is 0 Å². The fraction of sp³-hybridized carbons (Fsp3) is 0.348. The lowest BCUT2D eigenvalue weighted by Gasteiger charge is -2.26. The normalized spacial score (nSPS) is 19.1. The highest BCUT2D eigenvalue weighted by atomic mass is 16.2. The Kier molecular flexibility index (Phi) is 5.11. The van der Waals surface area contributed by atoms with Crippen LogP contribution in [0.2, 0.25) is 0 Å². The van der Waals surface area contributed by atoms with Gasteiger partial charge in [0.1, 0.15) is 5.54 Å². The molecule has 1 aliphatic heterocycles. The molecule has 1 saturated heterocycles. The molecule has 2 aromatic rings. The van der Waals surface area contributed by atoms with E-state index < -0.39 is 11.6 Å². The maximum atomic E-state index is 13.4. The average Bonchev–Trinajstić information content (AvgIpc) is 2.89. The predicted octanol–water partition coefficient (Wildman–Crippen LogP) is 4.17. The summed E-state index contributed by atoms with van der Waals surface area (Å²) in [7, 11) is 0. The summed E-state index contributed by atoms with van der Waals surface area (Å²) in [4.78, 5) is 39.5. The lowest BCUT2D eigenvalue weighted by atomic mass is 9.87. The van der Waals surface area contributed by atoms with E-state index >= 15 is 0 Å². The monoisotopic (exact) mass is 378 g/mol. The van der Waals surface area contributed by atoms with E-state index in [1.807, 2.05) is 64.1 Å². The number of urea groups is 1. The lowest BCUT2D eigenvalue weighted by Crippen LogP contribution is -2.43. The number of carbonyl (C=O) groups excluding carboxylic acids is 3. The van der Waals surface area contributed by atoms with Crippen LogP contribution in [0.15, 0.2) is 36.4 Å². The third-order valence-electron chi connectivity index (χ3n) is 5.77. The number of Topliss-reactive ketones (excluding diaryl/α,β-unsaturated/α-hetero) is 1. The number of nitrogens with zero attached hydrogens (tertiary/aromatic N) is 1. The molecule has 0 aliphatic carbocycles. The zero-order valence-electron chi connectivity index (χ0n) is 17.1. The number of rotatable bonds is 5. The van der Waals surface area contributed by atoms with Crippen molar-refractivity contribution in [2.24, 2.45) is 0 Å². The van der Waals surface area contributed by atoms with E-state index in [0.29, 0.717) is 12.0 Å². The van der Waals surface area contributed by atoms with Crippen LogP contribution < -0.4 is 5.32 Å². The van der Waals surface area contributed by atoms with Gasteiger partial charge in [0.25, 0.3) is 5.91 Å². The Morgan fingerprint density at radius 1 is 1.07 bits per heavy atom. The molecule has 2 aromatic carbocycles. The van der Waals surface area contributed by atoms with Crippen molar-refractivity contribution in [2.75, 3.05) is 0 Å². The number of hydrogen-bond acceptors (Lipinski definition) is 3. The molecule has 1 fully saturated rings. The molecule has 28 heavy (non-hydrogen) atoms. The van der Waals surface area contributed by atoms with Gasteiger partial charge in [0, 0.05) is 5.56 Å². The van der Waals surface area contributed by atoms with Gasteiger partial charge in [0.15, 0.2) is 5.78 Å². The maximum absolute atomic E-state index is 13.4. The van der Waals surface area contributed by atoms with Crippen LogP contribution in [0, 0.1) is 20.8 Å². The van der Waals surface area contributed by atoms with Crippen LogP contribution in [0.3, 0.4) is 0 Å². The first-order valence-corrected chi connectivity index (χ1v) is 9.53. The van der Waals surface area contributed by atoms with Crippen LogP contribution in [0.4, 0.5) is 4.79 Å². The fourth-order valence-corrected chi connectivity index (χ4v) is 4.30. The topological polar surface area (TPSA) is 66.5 Å². The molecule has 1 N–H and O–H groups in total. The summed E-state index contributed by atoms with van der Waals surface area (Å²) in [6.07, 6.45) is 0.461. The highest BCUT2D eigenvalue weighted by molar-refractivity contribution is 6.07. The van der Waals surface area contributed by atoms with E-state index in [-0.39, 0.29) is 18.2 Å². The van der Waals surface area contributed by atoms with Gasteiger partial charge in [-0.3, -0.25) is 14.5 Å².